The van der Waals surface area contributed by atoms with Crippen LogP contribution in [0.3, 0.4) is 0 Å². The van der Waals surface area contributed by atoms with E-state index in [0.717, 1.165) is 43.0 Å². The number of nitrogens with zero attached hydrogens (tertiary/aromatic N) is 2. The van der Waals surface area contributed by atoms with Gasteiger partial charge in [-0.05, 0) is 61.6 Å². The minimum absolute atomic E-state index is 0.0301. The van der Waals surface area contributed by atoms with E-state index in [1.807, 2.05) is 12.1 Å². The Morgan fingerprint density at radius 3 is 2.47 bits per heavy atom. The number of aromatic amines is 1. The number of H-pyrrole nitrogens is 1. The van der Waals surface area contributed by atoms with Gasteiger partial charge in [0, 0.05) is 35.8 Å². The highest BCUT2D eigenvalue weighted by Gasteiger charge is 2.43. The summed E-state index contributed by atoms with van der Waals surface area (Å²) in [6, 6.07) is 13.1. The zero-order chi connectivity index (χ0) is 32.4. The maximum Gasteiger partial charge on any atom is 0.416 e. The van der Waals surface area contributed by atoms with Crippen LogP contribution < -0.4 is 10.0 Å². The number of hydrogen-bond donors (Lipinski definition) is 3. The van der Waals surface area contributed by atoms with Crippen LogP contribution in [0.25, 0.3) is 10.9 Å². The predicted molar refractivity (Wildman–Crippen MR) is 161 cm³/mol. The predicted octanol–water partition coefficient (Wildman–Crippen LogP) is 6.21. The first kappa shape index (κ1) is 32.1. The first-order valence-electron chi connectivity index (χ1n) is 14.4. The van der Waals surface area contributed by atoms with Crippen molar-refractivity contribution in [3.63, 3.8) is 0 Å². The van der Waals surface area contributed by atoms with Crippen molar-refractivity contribution in [1.82, 2.24) is 20.0 Å². The van der Waals surface area contributed by atoms with Crippen LogP contribution in [-0.2, 0) is 27.4 Å². The van der Waals surface area contributed by atoms with E-state index in [1.165, 1.54) is 6.92 Å². The zero-order valence-electron chi connectivity index (χ0n) is 24.3. The second-order valence-corrected chi connectivity index (χ2v) is 13.2. The summed E-state index contributed by atoms with van der Waals surface area (Å²) in [5.41, 5.74) is -2.65. The van der Waals surface area contributed by atoms with Crippen LogP contribution in [0.4, 0.5) is 18.9 Å². The van der Waals surface area contributed by atoms with Crippen LogP contribution in [0.1, 0.15) is 61.9 Å². The van der Waals surface area contributed by atoms with Gasteiger partial charge in [0.05, 0.1) is 22.2 Å². The molecule has 3 N–H and O–H groups in total. The number of rotatable bonds is 10. The fourth-order valence-corrected chi connectivity index (χ4v) is 7.52. The van der Waals surface area contributed by atoms with Gasteiger partial charge in [-0.2, -0.15) is 17.9 Å². The number of hydrogen-bond acceptors (Lipinski definition) is 6. The number of nitro groups is 1. The van der Waals surface area contributed by atoms with Crippen LogP contribution in [0.15, 0.2) is 78.0 Å². The maximum absolute atomic E-state index is 14.3. The molecule has 2 atom stereocenters. The number of fused-ring (bicyclic) bond motifs is 1. The van der Waals surface area contributed by atoms with Crippen LogP contribution in [-0.4, -0.2) is 34.8 Å². The summed E-state index contributed by atoms with van der Waals surface area (Å²) in [4.78, 5) is 31.5. The number of nitro benzene ring substituents is 1. The molecule has 0 aliphatic heterocycles. The zero-order valence-corrected chi connectivity index (χ0v) is 25.1. The van der Waals surface area contributed by atoms with Gasteiger partial charge in [0.25, 0.3) is 5.69 Å². The van der Waals surface area contributed by atoms with Crippen molar-refractivity contribution < 1.29 is 31.3 Å². The summed E-state index contributed by atoms with van der Waals surface area (Å²) in [6.07, 6.45) is 2.75. The Morgan fingerprint density at radius 2 is 1.80 bits per heavy atom. The van der Waals surface area contributed by atoms with Crippen molar-refractivity contribution in [3.8, 4) is 0 Å². The molecule has 14 heteroatoms. The normalized spacial score (nSPS) is 16.6. The van der Waals surface area contributed by atoms with E-state index in [2.05, 4.69) is 20.0 Å². The topological polar surface area (TPSA) is 147 Å². The summed E-state index contributed by atoms with van der Waals surface area (Å²) in [7, 11) is -4.93. The Morgan fingerprint density at radius 1 is 1.09 bits per heavy atom. The molecule has 2 heterocycles. The molecular formula is C31H32F3N5O5S. The lowest BCUT2D eigenvalue weighted by Crippen LogP contribution is -2.59. The van der Waals surface area contributed by atoms with E-state index in [4.69, 9.17) is 0 Å². The van der Waals surface area contributed by atoms with Gasteiger partial charge < -0.3 is 10.3 Å². The van der Waals surface area contributed by atoms with Gasteiger partial charge in [0.1, 0.15) is 5.54 Å². The standard InChI is InChI=1S/C31H32F3N5O5S/c1-30(18-21-19-36-24-12-6-5-11-23(21)24,29(40)37-28(20-9-3-2-4-10-20)25-13-7-8-16-35-25)38-45(43,44)27-15-14-22(31(32,33)34)17-26(27)39(41)42/h5-8,11-17,19-20,28,36,38H,2-4,9-10,18H2,1H3,(H,37,40)/t28?,30-/m0/s1. The van der Waals surface area contributed by atoms with Crippen LogP contribution in [0.5, 0.6) is 0 Å². The molecule has 1 aliphatic rings. The molecule has 2 aromatic carbocycles. The molecule has 4 aromatic rings. The quantitative estimate of drug-likeness (QED) is 0.138. The molecule has 10 nitrogen and oxygen atoms in total. The maximum atomic E-state index is 14.3. The van der Waals surface area contributed by atoms with Crippen molar-refractivity contribution >= 4 is 32.5 Å². The third kappa shape index (κ3) is 7.01. The number of carbonyl (C=O) groups is 1. The highest BCUT2D eigenvalue weighted by atomic mass is 32.2. The lowest BCUT2D eigenvalue weighted by Gasteiger charge is -2.35. The molecule has 1 aliphatic carbocycles. The van der Waals surface area contributed by atoms with Crippen molar-refractivity contribution in [1.29, 1.82) is 0 Å². The average Bonchev–Trinajstić information content (AvgIpc) is 3.41. The van der Waals surface area contributed by atoms with Gasteiger partial charge in [-0.25, -0.2) is 8.42 Å². The van der Waals surface area contributed by atoms with Crippen molar-refractivity contribution in [2.75, 3.05) is 0 Å². The largest absolute Gasteiger partial charge is 0.416 e. The van der Waals surface area contributed by atoms with Gasteiger partial charge in [-0.15, -0.1) is 0 Å². The van der Waals surface area contributed by atoms with Crippen LogP contribution in [0, 0.1) is 16.0 Å². The highest BCUT2D eigenvalue weighted by molar-refractivity contribution is 7.89. The molecule has 2 aromatic heterocycles. The minimum atomic E-state index is -4.94. The number of halogens is 3. The summed E-state index contributed by atoms with van der Waals surface area (Å²) in [5, 5.41) is 15.5. The molecule has 5 rings (SSSR count). The molecule has 1 amide bonds. The Hall–Kier alpha value is -4.30. The number of nitrogens with one attached hydrogen (secondary N) is 3. The summed E-state index contributed by atoms with van der Waals surface area (Å²) in [5.74, 6) is -0.685. The Kier molecular flexibility index (Phi) is 8.99. The van der Waals surface area contributed by atoms with Crippen molar-refractivity contribution in [2.45, 2.75) is 68.1 Å². The van der Waals surface area contributed by atoms with Gasteiger partial charge in [0.2, 0.25) is 15.9 Å². The minimum Gasteiger partial charge on any atom is -0.361 e. The van der Waals surface area contributed by atoms with E-state index in [1.54, 1.807) is 42.7 Å². The number of aromatic nitrogens is 2. The second kappa shape index (κ2) is 12.6. The van der Waals surface area contributed by atoms with E-state index in [9.17, 15) is 36.5 Å². The van der Waals surface area contributed by atoms with E-state index in [-0.39, 0.29) is 18.4 Å². The molecule has 0 spiro atoms. The Labute approximate surface area is 257 Å². The smallest absolute Gasteiger partial charge is 0.361 e. The number of pyridine rings is 1. The van der Waals surface area contributed by atoms with E-state index < -0.39 is 54.8 Å². The molecule has 0 saturated heterocycles. The summed E-state index contributed by atoms with van der Waals surface area (Å²) >= 11 is 0. The summed E-state index contributed by atoms with van der Waals surface area (Å²) < 4.78 is 70.0. The number of alkyl halides is 3. The van der Waals surface area contributed by atoms with Gasteiger partial charge in [-0.3, -0.25) is 19.9 Å². The monoisotopic (exact) mass is 643 g/mol. The first-order chi connectivity index (χ1) is 21.3. The van der Waals surface area contributed by atoms with E-state index >= 15 is 0 Å². The lowest BCUT2D eigenvalue weighted by molar-refractivity contribution is -0.388. The van der Waals surface area contributed by atoms with E-state index in [0.29, 0.717) is 23.4 Å². The molecule has 1 saturated carbocycles. The highest BCUT2D eigenvalue weighted by Crippen LogP contribution is 2.37. The molecule has 45 heavy (non-hydrogen) atoms. The Bertz CT molecular complexity index is 1810. The number of para-hydroxylation sites is 1. The number of sulfonamides is 1. The van der Waals surface area contributed by atoms with Crippen LogP contribution in [0.2, 0.25) is 0 Å². The number of amides is 1. The second-order valence-electron chi connectivity index (χ2n) is 11.5. The molecular weight excluding hydrogens is 611 g/mol. The average molecular weight is 644 g/mol. The Balaban J connectivity index is 1.56. The van der Waals surface area contributed by atoms with Gasteiger partial charge in [0.15, 0.2) is 4.90 Å². The lowest BCUT2D eigenvalue weighted by atomic mass is 9.82. The third-order valence-electron chi connectivity index (χ3n) is 8.27. The molecule has 1 unspecified atom stereocenters. The fourth-order valence-electron chi connectivity index (χ4n) is 6.00. The first-order valence-corrected chi connectivity index (χ1v) is 15.9. The van der Waals surface area contributed by atoms with Crippen molar-refractivity contribution in [2.24, 2.45) is 5.92 Å². The van der Waals surface area contributed by atoms with Gasteiger partial charge in [-0.1, -0.05) is 43.5 Å². The summed E-state index contributed by atoms with van der Waals surface area (Å²) in [6.45, 7) is 1.36. The number of benzene rings is 2. The molecule has 0 bridgehead atoms. The number of carbonyl (C=O) groups excluding carboxylic acids is 1. The van der Waals surface area contributed by atoms with Gasteiger partial charge >= 0.3 is 6.18 Å². The molecule has 238 valence electrons. The van der Waals surface area contributed by atoms with Crippen LogP contribution >= 0.6 is 0 Å². The fraction of sp³-hybridized carbons (Fsp3) is 0.355. The third-order valence-corrected chi connectivity index (χ3v) is 9.91. The SMILES string of the molecule is C[C@@](Cc1c[nH]c2ccccc12)(NS(=O)(=O)c1ccc(C(F)(F)F)cc1[N+](=O)[O-])C(=O)NC(c1ccccn1)C1CCCCC1. The molecule has 0 radical (unpaired) electrons. The molecule has 1 fully saturated rings. The van der Waals surface area contributed by atoms with Crippen molar-refractivity contribution in [3.05, 3.63) is 100.0 Å².